The van der Waals surface area contributed by atoms with Crippen molar-refractivity contribution in [3.8, 4) is 11.8 Å². The van der Waals surface area contributed by atoms with Crippen molar-refractivity contribution in [3.05, 3.63) is 47.4 Å². The van der Waals surface area contributed by atoms with Crippen LogP contribution in [-0.2, 0) is 4.74 Å². The fourth-order valence-corrected chi connectivity index (χ4v) is 5.33. The van der Waals surface area contributed by atoms with E-state index in [9.17, 15) is 18.7 Å². The molecule has 1 heterocycles. The molecule has 0 spiro atoms. The number of amides is 1. The quantitative estimate of drug-likeness (QED) is 0.114. The van der Waals surface area contributed by atoms with Gasteiger partial charge in [-0.15, -0.1) is 11.8 Å². The van der Waals surface area contributed by atoms with Crippen LogP contribution in [-0.4, -0.2) is 53.0 Å². The molecule has 2 saturated carbocycles. The Kier molecular flexibility index (Phi) is 8.88. The molecule has 1 amide bonds. The number of benzene rings is 1. The number of allylic oxidation sites excluding steroid dienone is 1. The fourth-order valence-electron chi connectivity index (χ4n) is 4.53. The first-order chi connectivity index (χ1) is 18.1. The standard InChI is InChI=1S/C27H35F2N5O3S/c1-15(38-24(34-30)9-6-16-4-5-16)32-26(35)19-8-7-17(33-18-12-27(2,36)13-18)10-20(19)21-11-22(25(28)29)31-14-23(21)37-3/h7-8,10-11,14-16,18,22,24-25,31,33-34,36H,4-5,12-13,30H2,1-3H3,(H,32,35). The summed E-state index contributed by atoms with van der Waals surface area (Å²) in [5.74, 6) is 12.3. The summed E-state index contributed by atoms with van der Waals surface area (Å²) < 4.78 is 32.7. The van der Waals surface area contributed by atoms with Gasteiger partial charge in [0.2, 0.25) is 0 Å². The van der Waals surface area contributed by atoms with E-state index in [0.717, 1.165) is 12.8 Å². The van der Waals surface area contributed by atoms with Gasteiger partial charge in [0.25, 0.3) is 12.3 Å². The largest absolute Gasteiger partial charge is 0.495 e. The van der Waals surface area contributed by atoms with E-state index < -0.39 is 18.1 Å². The molecule has 38 heavy (non-hydrogen) atoms. The minimum absolute atomic E-state index is 0.0691. The molecule has 4 rings (SSSR count). The lowest BCUT2D eigenvalue weighted by Crippen LogP contribution is -2.48. The lowest BCUT2D eigenvalue weighted by molar-refractivity contribution is -0.0234. The van der Waals surface area contributed by atoms with E-state index >= 15 is 0 Å². The predicted molar refractivity (Wildman–Crippen MR) is 146 cm³/mol. The Morgan fingerprint density at radius 1 is 1.34 bits per heavy atom. The maximum atomic E-state index is 13.6. The number of rotatable bonds is 10. The van der Waals surface area contributed by atoms with Crippen LogP contribution in [0.2, 0.25) is 0 Å². The van der Waals surface area contributed by atoms with Gasteiger partial charge >= 0.3 is 0 Å². The van der Waals surface area contributed by atoms with Gasteiger partial charge in [-0.2, -0.15) is 0 Å². The summed E-state index contributed by atoms with van der Waals surface area (Å²) >= 11 is 1.37. The summed E-state index contributed by atoms with van der Waals surface area (Å²) in [5.41, 5.74) is 3.83. The maximum absolute atomic E-state index is 13.6. The van der Waals surface area contributed by atoms with Crippen molar-refractivity contribution in [2.45, 2.75) is 74.4 Å². The molecule has 1 aromatic carbocycles. The van der Waals surface area contributed by atoms with E-state index in [1.807, 2.05) is 6.92 Å². The Bertz CT molecular complexity index is 1150. The first kappa shape index (κ1) is 28.2. The Labute approximate surface area is 226 Å². The number of hydrogen-bond acceptors (Lipinski definition) is 8. The molecule has 3 aliphatic rings. The van der Waals surface area contributed by atoms with Gasteiger partial charge in [0.05, 0.1) is 18.1 Å². The number of nitrogens with two attached hydrogens (primary N) is 1. The summed E-state index contributed by atoms with van der Waals surface area (Å²) in [6, 6.07) is 4.04. The minimum Gasteiger partial charge on any atom is -0.495 e. The molecule has 2 fully saturated rings. The molecule has 7 N–H and O–H groups in total. The molecule has 3 unspecified atom stereocenters. The smallest absolute Gasteiger partial charge is 0.261 e. The van der Waals surface area contributed by atoms with Crippen LogP contribution < -0.4 is 27.2 Å². The first-order valence-electron chi connectivity index (χ1n) is 12.7. The third-order valence-electron chi connectivity index (χ3n) is 6.63. The molecular weight excluding hydrogens is 512 g/mol. The summed E-state index contributed by atoms with van der Waals surface area (Å²) in [4.78, 5) is 13.4. The van der Waals surface area contributed by atoms with Gasteiger partial charge in [-0.05, 0) is 69.4 Å². The van der Waals surface area contributed by atoms with Crippen LogP contribution in [0.1, 0.15) is 55.5 Å². The lowest BCUT2D eigenvalue weighted by atomic mass is 9.77. The highest BCUT2D eigenvalue weighted by atomic mass is 32.2. The molecule has 1 aliphatic heterocycles. The number of hydrogen-bond donors (Lipinski definition) is 6. The van der Waals surface area contributed by atoms with Crippen LogP contribution in [0, 0.1) is 17.8 Å². The number of hydrazine groups is 1. The summed E-state index contributed by atoms with van der Waals surface area (Å²) in [7, 11) is 1.45. The Morgan fingerprint density at radius 2 is 2.08 bits per heavy atom. The van der Waals surface area contributed by atoms with Gasteiger partial charge in [0, 0.05) is 35.0 Å². The number of alkyl halides is 2. The Hall–Kier alpha value is -2.78. The van der Waals surface area contributed by atoms with Gasteiger partial charge in [-0.1, -0.05) is 11.8 Å². The molecule has 0 aromatic heterocycles. The van der Waals surface area contributed by atoms with Gasteiger partial charge in [-0.25, -0.2) is 14.2 Å². The highest BCUT2D eigenvalue weighted by Crippen LogP contribution is 2.36. The molecule has 8 nitrogen and oxygen atoms in total. The second-order valence-electron chi connectivity index (χ2n) is 10.2. The van der Waals surface area contributed by atoms with E-state index in [1.54, 1.807) is 25.1 Å². The highest BCUT2D eigenvalue weighted by Gasteiger charge is 2.38. The molecule has 0 saturated heterocycles. The van der Waals surface area contributed by atoms with Crippen molar-refractivity contribution < 1.29 is 23.4 Å². The first-order valence-corrected chi connectivity index (χ1v) is 13.6. The average Bonchev–Trinajstić information content (AvgIpc) is 3.69. The topological polar surface area (TPSA) is 121 Å². The van der Waals surface area contributed by atoms with Crippen molar-refractivity contribution in [1.29, 1.82) is 0 Å². The number of thioether (sulfide) groups is 1. The number of methoxy groups -OCH3 is 1. The molecule has 206 valence electrons. The van der Waals surface area contributed by atoms with Crippen LogP contribution in [0.5, 0.6) is 0 Å². The number of nitrogens with one attached hydrogen (secondary N) is 4. The summed E-state index contributed by atoms with van der Waals surface area (Å²) in [6.45, 7) is 3.62. The number of anilines is 1. The van der Waals surface area contributed by atoms with Crippen LogP contribution in [0.3, 0.4) is 0 Å². The van der Waals surface area contributed by atoms with E-state index in [1.165, 1.54) is 31.1 Å². The molecule has 0 bridgehead atoms. The normalized spacial score (nSPS) is 26.0. The van der Waals surface area contributed by atoms with Gasteiger partial charge in [0.15, 0.2) is 0 Å². The zero-order valence-corrected chi connectivity index (χ0v) is 22.5. The van der Waals surface area contributed by atoms with Gasteiger partial charge in [-0.3, -0.25) is 10.6 Å². The van der Waals surface area contributed by atoms with Crippen LogP contribution in [0.15, 0.2) is 36.2 Å². The van der Waals surface area contributed by atoms with E-state index in [0.29, 0.717) is 46.9 Å². The van der Waals surface area contributed by atoms with E-state index in [2.05, 4.69) is 33.2 Å². The number of carbonyl (C=O) groups excluding carboxylic acids is 1. The number of ether oxygens (including phenoxy) is 1. The van der Waals surface area contributed by atoms with E-state index in [4.69, 9.17) is 10.6 Å². The Balaban J connectivity index is 1.58. The van der Waals surface area contributed by atoms with Crippen LogP contribution in [0.4, 0.5) is 14.5 Å². The molecule has 2 aliphatic carbocycles. The lowest BCUT2D eigenvalue weighted by Gasteiger charge is -2.41. The summed E-state index contributed by atoms with van der Waals surface area (Å²) in [6.07, 6.45) is 3.50. The number of dihydropyridines is 1. The number of aliphatic hydroxyl groups is 1. The zero-order valence-electron chi connectivity index (χ0n) is 21.7. The van der Waals surface area contributed by atoms with Crippen LogP contribution in [0.25, 0.3) is 5.57 Å². The molecule has 11 heteroatoms. The molecule has 0 radical (unpaired) electrons. The van der Waals surface area contributed by atoms with Crippen LogP contribution >= 0.6 is 11.8 Å². The molecular formula is C27H35F2N5O3S. The van der Waals surface area contributed by atoms with Crippen molar-refractivity contribution in [2.24, 2.45) is 11.8 Å². The average molecular weight is 548 g/mol. The third-order valence-corrected chi connectivity index (χ3v) is 7.68. The second-order valence-corrected chi connectivity index (χ2v) is 11.6. The fraction of sp³-hybridized carbons (Fsp3) is 0.519. The van der Waals surface area contributed by atoms with Crippen molar-refractivity contribution in [3.63, 3.8) is 0 Å². The molecule has 1 aromatic rings. The highest BCUT2D eigenvalue weighted by molar-refractivity contribution is 8.00. The SMILES string of the molecule is COC1=CNC(C(F)F)C=C1c1cc(NC2CC(C)(O)C2)ccc1C(=O)NC(C)SC(C#CC1CC1)NN. The predicted octanol–water partition coefficient (Wildman–Crippen LogP) is 3.13. The third kappa shape index (κ3) is 7.20. The van der Waals surface area contributed by atoms with Gasteiger partial charge in [0.1, 0.15) is 17.2 Å². The monoisotopic (exact) mass is 547 g/mol. The van der Waals surface area contributed by atoms with Gasteiger partial charge < -0.3 is 25.8 Å². The summed E-state index contributed by atoms with van der Waals surface area (Å²) in [5, 5.41) is 18.4. The molecule has 3 atom stereocenters. The maximum Gasteiger partial charge on any atom is 0.261 e. The Morgan fingerprint density at radius 3 is 2.68 bits per heavy atom. The number of carbonyl (C=O) groups is 1. The van der Waals surface area contributed by atoms with Crippen molar-refractivity contribution >= 4 is 28.9 Å². The van der Waals surface area contributed by atoms with Crippen molar-refractivity contribution in [2.75, 3.05) is 12.4 Å². The van der Waals surface area contributed by atoms with Crippen molar-refractivity contribution in [1.82, 2.24) is 16.1 Å². The zero-order chi connectivity index (χ0) is 27.4. The second kappa shape index (κ2) is 11.9. The number of halogens is 2. The minimum atomic E-state index is -2.65. The van der Waals surface area contributed by atoms with E-state index in [-0.39, 0.29) is 22.7 Å².